The van der Waals surface area contributed by atoms with E-state index in [-0.39, 0.29) is 6.42 Å². The Morgan fingerprint density at radius 3 is 2.64 bits per heavy atom. The largest absolute Gasteiger partial charge is 0.494 e. The molecule has 2 heterocycles. The van der Waals surface area contributed by atoms with E-state index in [0.717, 1.165) is 55.6 Å². The van der Waals surface area contributed by atoms with Gasteiger partial charge in [-0.2, -0.15) is 18.3 Å². The second-order valence-electron chi connectivity index (χ2n) is 7.72. The molecule has 1 N–H and O–H groups in total. The van der Waals surface area contributed by atoms with Gasteiger partial charge in [0, 0.05) is 12.4 Å². The summed E-state index contributed by atoms with van der Waals surface area (Å²) in [6, 6.07) is 9.38. The van der Waals surface area contributed by atoms with E-state index in [1.165, 1.54) is 10.7 Å². The molecule has 0 saturated carbocycles. The molecule has 3 aromatic rings. The summed E-state index contributed by atoms with van der Waals surface area (Å²) in [7, 11) is 0. The van der Waals surface area contributed by atoms with E-state index in [4.69, 9.17) is 9.84 Å². The highest BCUT2D eigenvalue weighted by molar-refractivity contribution is 5.70. The SMILES string of the molecule is CCCc1nn(-c2ccc(C(F)(F)F)cn2)cc1CCCCOc1cccc(CC(=O)O)c1. The zero-order valence-corrected chi connectivity index (χ0v) is 18.3. The van der Waals surface area contributed by atoms with Gasteiger partial charge < -0.3 is 9.84 Å². The molecule has 176 valence electrons. The van der Waals surface area contributed by atoms with Crippen LogP contribution in [-0.4, -0.2) is 32.4 Å². The van der Waals surface area contributed by atoms with Crippen LogP contribution in [0.5, 0.6) is 5.75 Å². The van der Waals surface area contributed by atoms with Crippen molar-refractivity contribution in [2.75, 3.05) is 6.61 Å². The topological polar surface area (TPSA) is 77.2 Å². The van der Waals surface area contributed by atoms with E-state index in [2.05, 4.69) is 10.1 Å². The minimum atomic E-state index is -4.42. The molecule has 0 saturated heterocycles. The van der Waals surface area contributed by atoms with E-state index in [0.29, 0.717) is 23.7 Å². The Balaban J connectivity index is 1.56. The van der Waals surface area contributed by atoms with Gasteiger partial charge in [0.25, 0.3) is 0 Å². The number of pyridine rings is 1. The van der Waals surface area contributed by atoms with E-state index in [9.17, 15) is 18.0 Å². The number of aromatic nitrogens is 3. The maximum atomic E-state index is 12.8. The Kier molecular flexibility index (Phi) is 8.08. The molecule has 0 spiro atoms. The van der Waals surface area contributed by atoms with Gasteiger partial charge in [-0.05, 0) is 61.1 Å². The summed E-state index contributed by atoms with van der Waals surface area (Å²) in [6.07, 6.45) is 2.25. The zero-order valence-electron chi connectivity index (χ0n) is 18.3. The van der Waals surface area contributed by atoms with E-state index >= 15 is 0 Å². The number of ether oxygens (including phenoxy) is 1. The highest BCUT2D eigenvalue weighted by Crippen LogP contribution is 2.28. The average molecular weight is 461 g/mol. The Morgan fingerprint density at radius 1 is 1.15 bits per heavy atom. The van der Waals surface area contributed by atoms with Crippen LogP contribution in [0.2, 0.25) is 0 Å². The van der Waals surface area contributed by atoms with Gasteiger partial charge in [0.2, 0.25) is 0 Å². The lowest BCUT2D eigenvalue weighted by Crippen LogP contribution is -2.07. The van der Waals surface area contributed by atoms with Crippen molar-refractivity contribution in [2.45, 2.75) is 51.6 Å². The quantitative estimate of drug-likeness (QED) is 0.394. The molecule has 0 bridgehead atoms. The summed E-state index contributed by atoms with van der Waals surface area (Å²) in [5.41, 5.74) is 1.86. The van der Waals surface area contributed by atoms with Crippen LogP contribution in [0.3, 0.4) is 0 Å². The van der Waals surface area contributed by atoms with Gasteiger partial charge in [0.1, 0.15) is 5.75 Å². The number of hydrogen-bond donors (Lipinski definition) is 1. The number of hydrogen-bond acceptors (Lipinski definition) is 4. The van der Waals surface area contributed by atoms with Crippen LogP contribution in [0.4, 0.5) is 13.2 Å². The van der Waals surface area contributed by atoms with Gasteiger partial charge in [-0.15, -0.1) is 0 Å². The number of aliphatic carboxylic acids is 1. The van der Waals surface area contributed by atoms with Crippen LogP contribution in [0, 0.1) is 0 Å². The van der Waals surface area contributed by atoms with Crippen molar-refractivity contribution in [2.24, 2.45) is 0 Å². The van der Waals surface area contributed by atoms with Gasteiger partial charge in [-0.3, -0.25) is 4.79 Å². The number of alkyl halides is 3. The number of carbonyl (C=O) groups is 1. The molecule has 0 aliphatic heterocycles. The number of benzene rings is 1. The van der Waals surface area contributed by atoms with E-state index in [1.54, 1.807) is 24.3 Å². The number of carboxylic acids is 1. The lowest BCUT2D eigenvalue weighted by Gasteiger charge is -2.07. The number of carboxylic acid groups (broad SMARTS) is 1. The first-order valence-electron chi connectivity index (χ1n) is 10.8. The second kappa shape index (κ2) is 11.0. The Labute approximate surface area is 190 Å². The maximum absolute atomic E-state index is 12.8. The van der Waals surface area contributed by atoms with Crippen LogP contribution < -0.4 is 4.74 Å². The third-order valence-corrected chi connectivity index (χ3v) is 5.04. The first kappa shape index (κ1) is 24.3. The van der Waals surface area contributed by atoms with Gasteiger partial charge in [-0.25, -0.2) is 9.67 Å². The van der Waals surface area contributed by atoms with Gasteiger partial charge in [-0.1, -0.05) is 25.5 Å². The number of halogens is 3. The number of aryl methyl sites for hydroxylation is 2. The number of rotatable bonds is 11. The fraction of sp³-hybridized carbons (Fsp3) is 0.375. The minimum Gasteiger partial charge on any atom is -0.494 e. The van der Waals surface area contributed by atoms with Gasteiger partial charge >= 0.3 is 12.1 Å². The Bertz CT molecular complexity index is 1060. The van der Waals surface area contributed by atoms with E-state index in [1.807, 2.05) is 13.1 Å². The molecule has 33 heavy (non-hydrogen) atoms. The zero-order chi connectivity index (χ0) is 23.8. The van der Waals surface area contributed by atoms with Crippen molar-refractivity contribution in [3.05, 3.63) is 71.2 Å². The first-order chi connectivity index (χ1) is 15.8. The fourth-order valence-electron chi connectivity index (χ4n) is 3.44. The minimum absolute atomic E-state index is 0.0464. The lowest BCUT2D eigenvalue weighted by atomic mass is 10.1. The van der Waals surface area contributed by atoms with Crippen molar-refractivity contribution >= 4 is 5.97 Å². The maximum Gasteiger partial charge on any atom is 0.417 e. The van der Waals surface area contributed by atoms with Crippen LogP contribution in [0.25, 0.3) is 5.82 Å². The smallest absolute Gasteiger partial charge is 0.417 e. The highest BCUT2D eigenvalue weighted by Gasteiger charge is 2.30. The third-order valence-electron chi connectivity index (χ3n) is 5.04. The summed E-state index contributed by atoms with van der Waals surface area (Å²) in [6.45, 7) is 2.54. The molecule has 0 amide bonds. The number of nitrogens with zero attached hydrogens (tertiary/aromatic N) is 3. The van der Waals surface area contributed by atoms with Crippen molar-refractivity contribution in [3.63, 3.8) is 0 Å². The van der Waals surface area contributed by atoms with Crippen molar-refractivity contribution in [3.8, 4) is 11.6 Å². The van der Waals surface area contributed by atoms with Crippen molar-refractivity contribution < 1.29 is 27.8 Å². The molecule has 0 atom stereocenters. The predicted octanol–water partition coefficient (Wildman–Crippen LogP) is 5.27. The normalized spacial score (nSPS) is 11.5. The molecule has 0 radical (unpaired) electrons. The molecule has 2 aromatic heterocycles. The molecule has 3 rings (SSSR count). The molecular formula is C24H26F3N3O3. The molecule has 0 aliphatic carbocycles. The third kappa shape index (κ3) is 7.06. The second-order valence-corrected chi connectivity index (χ2v) is 7.72. The summed E-state index contributed by atoms with van der Waals surface area (Å²) in [4.78, 5) is 14.8. The fourth-order valence-corrected chi connectivity index (χ4v) is 3.44. The standard InChI is InChI=1S/C24H26F3N3O3/c1-2-6-21-18(16-30(29-21)22-11-10-19(15-28-22)24(25,26)27)8-3-4-12-33-20-9-5-7-17(13-20)14-23(31)32/h5,7,9-11,13,15-16H,2-4,6,8,12,14H2,1H3,(H,31,32). The van der Waals surface area contributed by atoms with Crippen LogP contribution in [0.15, 0.2) is 48.8 Å². The van der Waals surface area contributed by atoms with E-state index < -0.39 is 17.7 Å². The molecule has 6 nitrogen and oxygen atoms in total. The molecule has 9 heteroatoms. The molecule has 0 unspecified atom stereocenters. The van der Waals surface area contributed by atoms with Crippen LogP contribution >= 0.6 is 0 Å². The molecule has 1 aromatic carbocycles. The lowest BCUT2D eigenvalue weighted by molar-refractivity contribution is -0.138. The first-order valence-corrected chi connectivity index (χ1v) is 10.8. The van der Waals surface area contributed by atoms with Gasteiger partial charge in [0.05, 0.1) is 24.3 Å². The van der Waals surface area contributed by atoms with Crippen LogP contribution in [-0.2, 0) is 30.2 Å². The predicted molar refractivity (Wildman–Crippen MR) is 117 cm³/mol. The van der Waals surface area contributed by atoms with Crippen LogP contribution in [0.1, 0.15) is 48.6 Å². The highest BCUT2D eigenvalue weighted by atomic mass is 19.4. The summed E-state index contributed by atoms with van der Waals surface area (Å²) >= 11 is 0. The summed E-state index contributed by atoms with van der Waals surface area (Å²) < 4.78 is 45.6. The Morgan fingerprint density at radius 2 is 1.97 bits per heavy atom. The molecule has 0 fully saturated rings. The van der Waals surface area contributed by atoms with Crippen molar-refractivity contribution in [1.29, 1.82) is 0 Å². The molecule has 0 aliphatic rings. The van der Waals surface area contributed by atoms with Gasteiger partial charge in [0.15, 0.2) is 5.82 Å². The summed E-state index contributed by atoms with van der Waals surface area (Å²) in [5.74, 6) is 0.0971. The number of unbranched alkanes of at least 4 members (excludes halogenated alkanes) is 1. The summed E-state index contributed by atoms with van der Waals surface area (Å²) in [5, 5.41) is 13.4. The average Bonchev–Trinajstić information content (AvgIpc) is 3.16. The molecular weight excluding hydrogens is 435 g/mol. The van der Waals surface area contributed by atoms with Crippen molar-refractivity contribution in [1.82, 2.24) is 14.8 Å². The monoisotopic (exact) mass is 461 g/mol. The Hall–Kier alpha value is -3.36.